The highest BCUT2D eigenvalue weighted by molar-refractivity contribution is 5.85. The van der Waals surface area contributed by atoms with E-state index in [1.54, 1.807) is 6.07 Å². The van der Waals surface area contributed by atoms with E-state index in [9.17, 15) is 9.18 Å². The van der Waals surface area contributed by atoms with Gasteiger partial charge < -0.3 is 15.5 Å². The van der Waals surface area contributed by atoms with Gasteiger partial charge in [0.25, 0.3) is 0 Å². The first kappa shape index (κ1) is 22.1. The summed E-state index contributed by atoms with van der Waals surface area (Å²) in [6.07, 6.45) is 1.98. The number of carbonyl (C=O) groups excluding carboxylic acids is 1. The molecule has 0 bridgehead atoms. The lowest BCUT2D eigenvalue weighted by Gasteiger charge is -2.27. The lowest BCUT2D eigenvalue weighted by atomic mass is 9.98. The maximum absolute atomic E-state index is 13.4. The molecule has 7 heteroatoms. The number of halogens is 3. The molecule has 1 aromatic rings. The zero-order valence-corrected chi connectivity index (χ0v) is 15.2. The molecule has 0 saturated carbocycles. The fourth-order valence-electron chi connectivity index (χ4n) is 2.73. The van der Waals surface area contributed by atoms with Crippen LogP contribution in [-0.2, 0) is 4.79 Å². The second kappa shape index (κ2) is 10.8. The summed E-state index contributed by atoms with van der Waals surface area (Å²) >= 11 is 0. The van der Waals surface area contributed by atoms with Crippen LogP contribution in [0.4, 0.5) is 4.39 Å². The molecular formula is C16H26Cl2FN3O. The quantitative estimate of drug-likeness (QED) is 0.841. The summed E-state index contributed by atoms with van der Waals surface area (Å²) in [5.41, 5.74) is 0.877. The second-order valence-electron chi connectivity index (χ2n) is 5.82. The molecule has 1 aliphatic rings. The third-order valence-electron chi connectivity index (χ3n) is 3.99. The first-order valence-corrected chi connectivity index (χ1v) is 7.48. The number of carbonyl (C=O) groups is 1. The highest BCUT2D eigenvalue weighted by atomic mass is 35.5. The van der Waals surface area contributed by atoms with Crippen LogP contribution >= 0.6 is 24.8 Å². The van der Waals surface area contributed by atoms with Crippen molar-refractivity contribution in [3.05, 3.63) is 35.6 Å². The number of likely N-dealkylation sites (N-methyl/N-ethyl adjacent to an activating group) is 1. The van der Waals surface area contributed by atoms with Crippen LogP contribution in [-0.4, -0.2) is 44.5 Å². The SMILES string of the molecule is CN(C)C(CNC(=O)C1CCCNC1)c1cccc(F)c1.Cl.Cl. The van der Waals surface area contributed by atoms with Gasteiger partial charge in [0, 0.05) is 13.1 Å². The van der Waals surface area contributed by atoms with E-state index in [1.165, 1.54) is 12.1 Å². The monoisotopic (exact) mass is 365 g/mol. The van der Waals surface area contributed by atoms with Crippen molar-refractivity contribution in [3.8, 4) is 0 Å². The minimum atomic E-state index is -0.248. The minimum absolute atomic E-state index is 0. The Bertz CT molecular complexity index is 482. The number of piperidine rings is 1. The molecule has 2 atom stereocenters. The Labute approximate surface area is 150 Å². The van der Waals surface area contributed by atoms with Gasteiger partial charge in [0.1, 0.15) is 5.82 Å². The van der Waals surface area contributed by atoms with Crippen molar-refractivity contribution in [2.45, 2.75) is 18.9 Å². The van der Waals surface area contributed by atoms with Gasteiger partial charge in [0.05, 0.1) is 12.0 Å². The number of nitrogens with one attached hydrogen (secondary N) is 2. The molecule has 23 heavy (non-hydrogen) atoms. The van der Waals surface area contributed by atoms with E-state index in [-0.39, 0.29) is 48.5 Å². The summed E-state index contributed by atoms with van der Waals surface area (Å²) in [6.45, 7) is 2.23. The van der Waals surface area contributed by atoms with E-state index in [0.717, 1.165) is 31.5 Å². The maximum Gasteiger partial charge on any atom is 0.224 e. The average Bonchev–Trinajstić information content (AvgIpc) is 2.48. The van der Waals surface area contributed by atoms with E-state index in [0.29, 0.717) is 6.54 Å². The smallest absolute Gasteiger partial charge is 0.224 e. The lowest BCUT2D eigenvalue weighted by molar-refractivity contribution is -0.125. The molecule has 1 amide bonds. The minimum Gasteiger partial charge on any atom is -0.354 e. The van der Waals surface area contributed by atoms with Gasteiger partial charge in [0.15, 0.2) is 0 Å². The van der Waals surface area contributed by atoms with E-state index < -0.39 is 0 Å². The summed E-state index contributed by atoms with van der Waals surface area (Å²) in [7, 11) is 3.87. The molecule has 4 nitrogen and oxygen atoms in total. The fourth-order valence-corrected chi connectivity index (χ4v) is 2.73. The fraction of sp³-hybridized carbons (Fsp3) is 0.562. The van der Waals surface area contributed by atoms with Crippen molar-refractivity contribution in [3.63, 3.8) is 0 Å². The van der Waals surface area contributed by atoms with Gasteiger partial charge in [0.2, 0.25) is 5.91 Å². The Morgan fingerprint density at radius 3 is 2.74 bits per heavy atom. The zero-order chi connectivity index (χ0) is 15.2. The third-order valence-corrected chi connectivity index (χ3v) is 3.99. The van der Waals surface area contributed by atoms with Crippen molar-refractivity contribution in [2.24, 2.45) is 5.92 Å². The molecular weight excluding hydrogens is 340 g/mol. The van der Waals surface area contributed by atoms with Crippen molar-refractivity contribution >= 4 is 30.7 Å². The molecule has 2 unspecified atom stereocenters. The molecule has 1 saturated heterocycles. The third kappa shape index (κ3) is 6.63. The number of rotatable bonds is 5. The van der Waals surface area contributed by atoms with Crippen molar-refractivity contribution < 1.29 is 9.18 Å². The van der Waals surface area contributed by atoms with Crippen molar-refractivity contribution in [2.75, 3.05) is 33.7 Å². The summed E-state index contributed by atoms with van der Waals surface area (Å²) in [5, 5.41) is 6.25. The van der Waals surface area contributed by atoms with Crippen molar-refractivity contribution in [1.82, 2.24) is 15.5 Å². The molecule has 2 N–H and O–H groups in total. The molecule has 0 spiro atoms. The highest BCUT2D eigenvalue weighted by Gasteiger charge is 2.22. The number of hydrogen-bond donors (Lipinski definition) is 2. The number of benzene rings is 1. The predicted molar refractivity (Wildman–Crippen MR) is 95.9 cm³/mol. The first-order chi connectivity index (χ1) is 10.1. The number of nitrogens with zero attached hydrogens (tertiary/aromatic N) is 1. The Morgan fingerprint density at radius 1 is 1.43 bits per heavy atom. The molecule has 1 fully saturated rings. The lowest BCUT2D eigenvalue weighted by Crippen LogP contribution is -2.43. The van der Waals surface area contributed by atoms with Gasteiger partial charge >= 0.3 is 0 Å². The van der Waals surface area contributed by atoms with Crippen molar-refractivity contribution in [1.29, 1.82) is 0 Å². The highest BCUT2D eigenvalue weighted by Crippen LogP contribution is 2.19. The van der Waals surface area contributed by atoms with Gasteiger partial charge in [-0.15, -0.1) is 24.8 Å². The van der Waals surface area contributed by atoms with E-state index in [1.807, 2.05) is 25.1 Å². The summed E-state index contributed by atoms with van der Waals surface area (Å²) in [6, 6.07) is 6.53. The normalized spacial score (nSPS) is 18.5. The molecule has 1 heterocycles. The molecule has 2 rings (SSSR count). The van der Waals surface area contributed by atoms with E-state index in [4.69, 9.17) is 0 Å². The van der Waals surface area contributed by atoms with Gasteiger partial charge in [-0.2, -0.15) is 0 Å². The maximum atomic E-state index is 13.4. The largest absolute Gasteiger partial charge is 0.354 e. The van der Waals surface area contributed by atoms with Crippen LogP contribution < -0.4 is 10.6 Å². The molecule has 0 radical (unpaired) electrons. The van der Waals surface area contributed by atoms with Crippen LogP contribution in [0, 0.1) is 11.7 Å². The van der Waals surface area contributed by atoms with E-state index >= 15 is 0 Å². The number of amides is 1. The summed E-state index contributed by atoms with van der Waals surface area (Å²) in [4.78, 5) is 14.2. The zero-order valence-electron chi connectivity index (χ0n) is 13.5. The molecule has 1 aliphatic heterocycles. The van der Waals surface area contributed by atoms with Crippen LogP contribution in [0.5, 0.6) is 0 Å². The molecule has 0 aliphatic carbocycles. The Hall–Kier alpha value is -0.880. The Balaban J connectivity index is 0.00000242. The van der Waals surface area contributed by atoms with Gasteiger partial charge in [-0.05, 0) is 51.2 Å². The summed E-state index contributed by atoms with van der Waals surface area (Å²) < 4.78 is 13.4. The van der Waals surface area contributed by atoms with Gasteiger partial charge in [-0.25, -0.2) is 4.39 Å². The topological polar surface area (TPSA) is 44.4 Å². The first-order valence-electron chi connectivity index (χ1n) is 7.48. The average molecular weight is 366 g/mol. The van der Waals surface area contributed by atoms with Crippen LogP contribution in [0.1, 0.15) is 24.4 Å². The van der Waals surface area contributed by atoms with Crippen LogP contribution in [0.3, 0.4) is 0 Å². The van der Waals surface area contributed by atoms with E-state index in [2.05, 4.69) is 10.6 Å². The molecule has 132 valence electrons. The Kier molecular flexibility index (Phi) is 10.4. The van der Waals surface area contributed by atoms with Crippen LogP contribution in [0.15, 0.2) is 24.3 Å². The van der Waals surface area contributed by atoms with Crippen LogP contribution in [0.25, 0.3) is 0 Å². The Morgan fingerprint density at radius 2 is 2.17 bits per heavy atom. The predicted octanol–water partition coefficient (Wildman–Crippen LogP) is 2.39. The standard InChI is InChI=1S/C16H24FN3O.2ClH/c1-20(2)15(12-5-3-7-14(17)9-12)11-19-16(21)13-6-4-8-18-10-13;;/h3,5,7,9,13,15,18H,4,6,8,10-11H2,1-2H3,(H,19,21);2*1H. The van der Waals surface area contributed by atoms with Gasteiger partial charge in [-0.3, -0.25) is 4.79 Å². The molecule has 0 aromatic heterocycles. The number of hydrogen-bond acceptors (Lipinski definition) is 3. The van der Waals surface area contributed by atoms with Crippen LogP contribution in [0.2, 0.25) is 0 Å². The molecule has 1 aromatic carbocycles. The van der Waals surface area contributed by atoms with Gasteiger partial charge in [-0.1, -0.05) is 12.1 Å². The summed E-state index contributed by atoms with van der Waals surface area (Å²) in [5.74, 6) is -0.110. The second-order valence-corrected chi connectivity index (χ2v) is 5.82.